The molecule has 29 heavy (non-hydrogen) atoms. The van der Waals surface area contributed by atoms with Crippen LogP contribution in [0.5, 0.6) is 0 Å². The fourth-order valence-electron chi connectivity index (χ4n) is 4.81. The smallest absolute Gasteiger partial charge is 0.189 e. The van der Waals surface area contributed by atoms with E-state index in [1.807, 2.05) is 6.08 Å². The molecule has 1 aliphatic rings. The lowest BCUT2D eigenvalue weighted by Gasteiger charge is -2.19. The van der Waals surface area contributed by atoms with Crippen molar-refractivity contribution in [1.82, 2.24) is 0 Å². The molecule has 0 amide bonds. The first kappa shape index (κ1) is 21.0. The molecule has 0 radical (unpaired) electrons. The Morgan fingerprint density at radius 2 is 1.31 bits per heavy atom. The molecule has 3 rings (SSSR count). The number of carbonyl (C=O) groups is 1. The van der Waals surface area contributed by atoms with Gasteiger partial charge in [-0.25, -0.2) is 0 Å². The van der Waals surface area contributed by atoms with Crippen LogP contribution in [0.15, 0.2) is 54.1 Å². The molecule has 0 heterocycles. The summed E-state index contributed by atoms with van der Waals surface area (Å²) in [5.74, 6) is 0.182. The molecule has 1 atom stereocenters. The SMILES string of the molecule is C=C(C(=O)C1=CC=C(Cc2c(C)cc(C)cc2C)C1C)c1c(C)cc(C)cc1C. The third-order valence-corrected chi connectivity index (χ3v) is 6.24. The van der Waals surface area contributed by atoms with Crippen molar-refractivity contribution in [2.45, 2.75) is 54.9 Å². The zero-order valence-corrected chi connectivity index (χ0v) is 18.9. The van der Waals surface area contributed by atoms with Crippen LogP contribution < -0.4 is 0 Å². The van der Waals surface area contributed by atoms with Gasteiger partial charge in [-0.2, -0.15) is 0 Å². The predicted molar refractivity (Wildman–Crippen MR) is 124 cm³/mol. The average molecular weight is 385 g/mol. The summed E-state index contributed by atoms with van der Waals surface area (Å²) in [7, 11) is 0. The first-order chi connectivity index (χ1) is 13.6. The first-order valence-corrected chi connectivity index (χ1v) is 10.4. The van der Waals surface area contributed by atoms with Gasteiger partial charge in [-0.3, -0.25) is 4.79 Å². The minimum atomic E-state index is 0.0659. The first-order valence-electron chi connectivity index (χ1n) is 10.4. The van der Waals surface area contributed by atoms with E-state index in [9.17, 15) is 4.79 Å². The summed E-state index contributed by atoms with van der Waals surface area (Å²) in [5.41, 5.74) is 12.5. The van der Waals surface area contributed by atoms with Crippen LogP contribution in [-0.4, -0.2) is 5.78 Å². The summed E-state index contributed by atoms with van der Waals surface area (Å²) < 4.78 is 0. The van der Waals surface area contributed by atoms with Gasteiger partial charge in [0.05, 0.1) is 0 Å². The Balaban J connectivity index is 1.81. The molecular weight excluding hydrogens is 352 g/mol. The lowest BCUT2D eigenvalue weighted by atomic mass is 9.84. The van der Waals surface area contributed by atoms with Crippen LogP contribution in [0.4, 0.5) is 0 Å². The fourth-order valence-corrected chi connectivity index (χ4v) is 4.81. The monoisotopic (exact) mass is 384 g/mol. The summed E-state index contributed by atoms with van der Waals surface area (Å²) >= 11 is 0. The number of Topliss-reactive ketones (excluding diaryl/α,β-unsaturated/α-hetero) is 1. The Bertz CT molecular complexity index is 1030. The molecule has 150 valence electrons. The van der Waals surface area contributed by atoms with E-state index in [2.05, 4.69) is 85.4 Å². The molecule has 1 heteroatoms. The van der Waals surface area contributed by atoms with Crippen molar-refractivity contribution in [3.63, 3.8) is 0 Å². The Labute approximate surface area is 175 Å². The standard InChI is InChI=1S/C28H32O/c1-16-11-18(3)26(19(4)12-16)15-24-9-10-25(22(24)7)28(29)23(8)27-20(5)13-17(2)14-21(27)6/h9-14,22H,8,15H2,1-7H3. The normalized spacial score (nSPS) is 15.9. The highest BCUT2D eigenvalue weighted by molar-refractivity contribution is 6.29. The van der Waals surface area contributed by atoms with Gasteiger partial charge < -0.3 is 0 Å². The Morgan fingerprint density at radius 1 is 0.828 bits per heavy atom. The van der Waals surface area contributed by atoms with Crippen molar-refractivity contribution in [2.24, 2.45) is 5.92 Å². The predicted octanol–water partition coefficient (Wildman–Crippen LogP) is 6.86. The number of hydrogen-bond donors (Lipinski definition) is 0. The van der Waals surface area contributed by atoms with Crippen LogP contribution >= 0.6 is 0 Å². The molecule has 2 aromatic rings. The maximum absolute atomic E-state index is 13.3. The van der Waals surface area contributed by atoms with Crippen molar-refractivity contribution in [3.8, 4) is 0 Å². The summed E-state index contributed by atoms with van der Waals surface area (Å²) in [5, 5.41) is 0. The number of allylic oxidation sites excluding steroid dienone is 5. The lowest BCUT2D eigenvalue weighted by Crippen LogP contribution is -2.14. The highest BCUT2D eigenvalue weighted by atomic mass is 16.1. The van der Waals surface area contributed by atoms with Crippen molar-refractivity contribution in [2.75, 3.05) is 0 Å². The number of benzene rings is 2. The van der Waals surface area contributed by atoms with Crippen molar-refractivity contribution in [3.05, 3.63) is 98.7 Å². The fraction of sp³-hybridized carbons (Fsp3) is 0.321. The zero-order valence-electron chi connectivity index (χ0n) is 18.9. The summed E-state index contributed by atoms with van der Waals surface area (Å²) in [4.78, 5) is 13.3. The second-order valence-electron chi connectivity index (χ2n) is 8.72. The van der Waals surface area contributed by atoms with Gasteiger partial charge in [0.2, 0.25) is 0 Å². The lowest BCUT2D eigenvalue weighted by molar-refractivity contribution is -0.110. The molecule has 0 saturated carbocycles. The minimum absolute atomic E-state index is 0.0659. The molecule has 0 aliphatic heterocycles. The Kier molecular flexibility index (Phi) is 5.80. The van der Waals surface area contributed by atoms with Gasteiger partial charge in [-0.05, 0) is 81.3 Å². The molecule has 0 spiro atoms. The molecule has 0 bridgehead atoms. The van der Waals surface area contributed by atoms with Gasteiger partial charge in [0.25, 0.3) is 0 Å². The topological polar surface area (TPSA) is 17.1 Å². The molecule has 0 fully saturated rings. The van der Waals surface area contributed by atoms with E-state index in [1.54, 1.807) is 0 Å². The van der Waals surface area contributed by atoms with E-state index in [1.165, 1.54) is 33.4 Å². The molecule has 1 unspecified atom stereocenters. The van der Waals surface area contributed by atoms with Crippen LogP contribution in [0.2, 0.25) is 0 Å². The molecule has 2 aromatic carbocycles. The largest absolute Gasteiger partial charge is 0.289 e. The highest BCUT2D eigenvalue weighted by Crippen LogP contribution is 2.35. The number of rotatable bonds is 5. The van der Waals surface area contributed by atoms with E-state index in [0.717, 1.165) is 28.7 Å². The van der Waals surface area contributed by atoms with Crippen LogP contribution in [0, 0.1) is 47.5 Å². The number of carbonyl (C=O) groups excluding carboxylic acids is 1. The van der Waals surface area contributed by atoms with Crippen LogP contribution in [0.1, 0.15) is 51.4 Å². The zero-order chi connectivity index (χ0) is 21.5. The van der Waals surface area contributed by atoms with Gasteiger partial charge in [0.15, 0.2) is 5.78 Å². The number of ketones is 1. The third-order valence-electron chi connectivity index (χ3n) is 6.24. The third kappa shape index (κ3) is 4.05. The van der Waals surface area contributed by atoms with Crippen LogP contribution in [0.25, 0.3) is 5.57 Å². The summed E-state index contributed by atoms with van der Waals surface area (Å²) in [6, 6.07) is 8.74. The van der Waals surface area contributed by atoms with E-state index in [0.29, 0.717) is 5.57 Å². The minimum Gasteiger partial charge on any atom is -0.289 e. The van der Waals surface area contributed by atoms with Crippen molar-refractivity contribution < 1.29 is 4.79 Å². The Morgan fingerprint density at radius 3 is 1.83 bits per heavy atom. The quantitative estimate of drug-likeness (QED) is 0.514. The van der Waals surface area contributed by atoms with E-state index >= 15 is 0 Å². The van der Waals surface area contributed by atoms with E-state index in [-0.39, 0.29) is 11.7 Å². The average Bonchev–Trinajstić information content (AvgIpc) is 2.96. The van der Waals surface area contributed by atoms with Crippen molar-refractivity contribution >= 4 is 11.4 Å². The second-order valence-corrected chi connectivity index (χ2v) is 8.72. The van der Waals surface area contributed by atoms with E-state index < -0.39 is 0 Å². The Hall–Kier alpha value is -2.67. The maximum Gasteiger partial charge on any atom is 0.189 e. The molecular formula is C28H32O. The second kappa shape index (κ2) is 7.99. The maximum atomic E-state index is 13.3. The molecule has 0 saturated heterocycles. The van der Waals surface area contributed by atoms with Crippen LogP contribution in [0.3, 0.4) is 0 Å². The van der Waals surface area contributed by atoms with Gasteiger partial charge >= 0.3 is 0 Å². The van der Waals surface area contributed by atoms with Gasteiger partial charge in [-0.1, -0.05) is 66.6 Å². The van der Waals surface area contributed by atoms with Crippen LogP contribution in [-0.2, 0) is 11.2 Å². The highest BCUT2D eigenvalue weighted by Gasteiger charge is 2.27. The molecule has 0 aromatic heterocycles. The van der Waals surface area contributed by atoms with Gasteiger partial charge in [-0.15, -0.1) is 0 Å². The van der Waals surface area contributed by atoms with E-state index in [4.69, 9.17) is 0 Å². The van der Waals surface area contributed by atoms with Gasteiger partial charge in [0, 0.05) is 17.1 Å². The molecule has 1 nitrogen and oxygen atoms in total. The number of aryl methyl sites for hydroxylation is 6. The molecule has 1 aliphatic carbocycles. The summed E-state index contributed by atoms with van der Waals surface area (Å²) in [6.07, 6.45) is 5.03. The summed E-state index contributed by atoms with van der Waals surface area (Å²) in [6.45, 7) is 19.0. The molecule has 0 N–H and O–H groups in total. The number of hydrogen-bond acceptors (Lipinski definition) is 1. The van der Waals surface area contributed by atoms with Gasteiger partial charge in [0.1, 0.15) is 0 Å². The van der Waals surface area contributed by atoms with Crippen molar-refractivity contribution in [1.29, 1.82) is 0 Å².